The van der Waals surface area contributed by atoms with Crippen molar-refractivity contribution < 1.29 is 4.74 Å². The van der Waals surface area contributed by atoms with Gasteiger partial charge in [0.05, 0.1) is 17.8 Å². The van der Waals surface area contributed by atoms with E-state index in [4.69, 9.17) is 16.3 Å². The number of hydrogen-bond acceptors (Lipinski definition) is 3. The Labute approximate surface area is 115 Å². The number of H-pyrrole nitrogens is 1. The molecule has 19 heavy (non-hydrogen) atoms. The molecule has 1 aliphatic heterocycles. The van der Waals surface area contributed by atoms with Crippen LogP contribution in [0.4, 0.5) is 0 Å². The molecule has 0 spiro atoms. The van der Waals surface area contributed by atoms with Gasteiger partial charge in [-0.25, -0.2) is 4.98 Å². The van der Waals surface area contributed by atoms with E-state index in [2.05, 4.69) is 9.97 Å². The topological polar surface area (TPSA) is 55.0 Å². The van der Waals surface area contributed by atoms with Gasteiger partial charge in [0.1, 0.15) is 5.60 Å². The minimum absolute atomic E-state index is 0.155. The van der Waals surface area contributed by atoms with Crippen molar-refractivity contribution in [2.45, 2.75) is 25.4 Å². The van der Waals surface area contributed by atoms with Gasteiger partial charge in [-0.05, 0) is 31.5 Å². The first-order chi connectivity index (χ1) is 8.99. The molecule has 5 heteroatoms. The molecule has 0 radical (unpaired) electrons. The summed E-state index contributed by atoms with van der Waals surface area (Å²) in [5, 5.41) is 0.667. The molecule has 98 valence electrons. The molecular weight excluding hydrogens is 264 g/mol. The Morgan fingerprint density at radius 1 is 1.32 bits per heavy atom. The molecule has 0 saturated heterocycles. The highest BCUT2D eigenvalue weighted by molar-refractivity contribution is 6.30. The number of aromatic nitrogens is 2. The minimum Gasteiger partial charge on any atom is -0.470 e. The third-order valence-electron chi connectivity index (χ3n) is 3.40. The van der Waals surface area contributed by atoms with Gasteiger partial charge < -0.3 is 9.72 Å². The maximum Gasteiger partial charge on any atom is 0.258 e. The van der Waals surface area contributed by atoms with Gasteiger partial charge in [-0.15, -0.1) is 0 Å². The zero-order chi connectivity index (χ0) is 13.6. The van der Waals surface area contributed by atoms with E-state index in [1.54, 1.807) is 0 Å². The number of rotatable bonds is 1. The molecule has 0 fully saturated rings. The monoisotopic (exact) mass is 276 g/mol. The predicted molar refractivity (Wildman–Crippen MR) is 72.9 cm³/mol. The molecule has 2 aromatic rings. The maximum absolute atomic E-state index is 12.0. The van der Waals surface area contributed by atoms with Gasteiger partial charge in [0, 0.05) is 5.02 Å². The first-order valence-corrected chi connectivity index (χ1v) is 6.39. The fourth-order valence-electron chi connectivity index (χ4n) is 2.61. The smallest absolute Gasteiger partial charge is 0.258 e. The van der Waals surface area contributed by atoms with Gasteiger partial charge in [0.25, 0.3) is 5.56 Å². The Hall–Kier alpha value is -1.81. The average Bonchev–Trinajstić information content (AvgIpc) is 2.62. The van der Waals surface area contributed by atoms with Crippen LogP contribution in [0.15, 0.2) is 35.4 Å². The molecule has 1 aromatic carbocycles. The van der Waals surface area contributed by atoms with Gasteiger partial charge in [-0.3, -0.25) is 4.79 Å². The first-order valence-electron chi connectivity index (χ1n) is 6.01. The summed E-state index contributed by atoms with van der Waals surface area (Å²) in [6.45, 7) is 3.90. The van der Waals surface area contributed by atoms with Crippen LogP contribution in [0, 0.1) is 0 Å². The summed E-state index contributed by atoms with van der Waals surface area (Å²) in [6.07, 6.45) is 1.36. The van der Waals surface area contributed by atoms with Crippen molar-refractivity contribution in [3.05, 3.63) is 57.1 Å². The molecule has 4 nitrogen and oxygen atoms in total. The van der Waals surface area contributed by atoms with Crippen LogP contribution in [-0.4, -0.2) is 15.6 Å². The molecule has 0 saturated carbocycles. The van der Waals surface area contributed by atoms with Crippen molar-refractivity contribution in [2.75, 3.05) is 0 Å². The van der Waals surface area contributed by atoms with Crippen LogP contribution in [0.25, 0.3) is 0 Å². The number of ether oxygens (including phenoxy) is 1. The van der Waals surface area contributed by atoms with Crippen LogP contribution < -0.4 is 10.3 Å². The van der Waals surface area contributed by atoms with Crippen molar-refractivity contribution in [3.8, 4) is 5.88 Å². The highest BCUT2D eigenvalue weighted by Crippen LogP contribution is 2.45. The zero-order valence-electron chi connectivity index (χ0n) is 10.6. The van der Waals surface area contributed by atoms with Gasteiger partial charge in [-0.1, -0.05) is 23.7 Å². The van der Waals surface area contributed by atoms with E-state index in [1.165, 1.54) is 6.33 Å². The quantitative estimate of drug-likeness (QED) is 0.871. The molecular formula is C14H13ClN2O2. The second-order valence-electron chi connectivity index (χ2n) is 5.14. The fourth-order valence-corrected chi connectivity index (χ4v) is 2.73. The van der Waals surface area contributed by atoms with Crippen molar-refractivity contribution in [1.29, 1.82) is 0 Å². The number of halogens is 1. The molecule has 0 aliphatic carbocycles. The molecule has 1 aromatic heterocycles. The number of fused-ring (bicyclic) bond motifs is 1. The molecule has 1 unspecified atom stereocenters. The second kappa shape index (κ2) is 4.10. The fraction of sp³-hybridized carbons (Fsp3) is 0.286. The second-order valence-corrected chi connectivity index (χ2v) is 5.58. The van der Waals surface area contributed by atoms with Crippen LogP contribution in [0.2, 0.25) is 5.02 Å². The standard InChI is InChI=1S/C14H13ClN2O2/c1-14(2)11(8-3-5-9(15)6-4-8)10-12(18)16-7-17-13(10)19-14/h3-7,11H,1-2H3,(H,16,17,18). The van der Waals surface area contributed by atoms with Gasteiger partial charge in [-0.2, -0.15) is 0 Å². The molecule has 1 N–H and O–H groups in total. The molecule has 0 amide bonds. The molecule has 1 atom stereocenters. The number of benzene rings is 1. The van der Waals surface area contributed by atoms with E-state index < -0.39 is 5.60 Å². The Balaban J connectivity index is 2.20. The zero-order valence-corrected chi connectivity index (χ0v) is 11.4. The number of nitrogens with one attached hydrogen (secondary N) is 1. The van der Waals surface area contributed by atoms with Gasteiger partial charge in [0.15, 0.2) is 0 Å². The Bertz CT molecular complexity index is 677. The number of nitrogens with zero attached hydrogens (tertiary/aromatic N) is 1. The Morgan fingerprint density at radius 2 is 2.00 bits per heavy atom. The van der Waals surface area contributed by atoms with Crippen LogP contribution in [0.1, 0.15) is 30.9 Å². The average molecular weight is 277 g/mol. The largest absolute Gasteiger partial charge is 0.470 e. The van der Waals surface area contributed by atoms with Crippen LogP contribution in [0.3, 0.4) is 0 Å². The summed E-state index contributed by atoms with van der Waals surface area (Å²) in [4.78, 5) is 18.8. The van der Waals surface area contributed by atoms with Crippen LogP contribution in [0.5, 0.6) is 5.88 Å². The highest BCUT2D eigenvalue weighted by atomic mass is 35.5. The molecule has 0 bridgehead atoms. The first kappa shape index (κ1) is 12.2. The van der Waals surface area contributed by atoms with E-state index in [9.17, 15) is 4.79 Å². The lowest BCUT2D eigenvalue weighted by atomic mass is 9.82. The van der Waals surface area contributed by atoms with Gasteiger partial charge in [0.2, 0.25) is 5.88 Å². The number of aromatic amines is 1. The third kappa shape index (κ3) is 1.92. The predicted octanol–water partition coefficient (Wildman–Crippen LogP) is 2.73. The normalized spacial score (nSPS) is 19.8. The molecule has 2 heterocycles. The van der Waals surface area contributed by atoms with Gasteiger partial charge >= 0.3 is 0 Å². The van der Waals surface area contributed by atoms with Crippen molar-refractivity contribution in [3.63, 3.8) is 0 Å². The Kier molecular flexibility index (Phi) is 2.64. The maximum atomic E-state index is 12.0. The lowest BCUT2D eigenvalue weighted by Gasteiger charge is -2.26. The molecule has 1 aliphatic rings. The summed E-state index contributed by atoms with van der Waals surface area (Å²) < 4.78 is 5.81. The lowest BCUT2D eigenvalue weighted by molar-refractivity contribution is 0.117. The number of hydrogen-bond donors (Lipinski definition) is 1. The summed E-state index contributed by atoms with van der Waals surface area (Å²) >= 11 is 5.91. The highest BCUT2D eigenvalue weighted by Gasteiger charge is 2.44. The van der Waals surface area contributed by atoms with E-state index in [1.807, 2.05) is 38.1 Å². The lowest BCUT2D eigenvalue weighted by Crippen LogP contribution is -2.32. The van der Waals surface area contributed by atoms with E-state index in [0.29, 0.717) is 16.5 Å². The van der Waals surface area contributed by atoms with Crippen LogP contribution in [-0.2, 0) is 0 Å². The minimum atomic E-state index is -0.516. The third-order valence-corrected chi connectivity index (χ3v) is 3.65. The Morgan fingerprint density at radius 3 is 2.68 bits per heavy atom. The summed E-state index contributed by atoms with van der Waals surface area (Å²) in [7, 11) is 0. The van der Waals surface area contributed by atoms with Crippen LogP contribution >= 0.6 is 11.6 Å². The summed E-state index contributed by atoms with van der Waals surface area (Å²) in [6, 6.07) is 7.46. The summed E-state index contributed by atoms with van der Waals surface area (Å²) in [5.41, 5.74) is 0.898. The molecule has 3 rings (SSSR count). The SMILES string of the molecule is CC1(C)Oc2nc[nH]c(=O)c2C1c1ccc(Cl)cc1. The summed E-state index contributed by atoms with van der Waals surface area (Å²) in [5.74, 6) is 0.255. The van der Waals surface area contributed by atoms with Crippen molar-refractivity contribution in [1.82, 2.24) is 9.97 Å². The van der Waals surface area contributed by atoms with E-state index in [-0.39, 0.29) is 11.5 Å². The van der Waals surface area contributed by atoms with Crippen molar-refractivity contribution >= 4 is 11.6 Å². The van der Waals surface area contributed by atoms with E-state index in [0.717, 1.165) is 5.56 Å². The van der Waals surface area contributed by atoms with Crippen molar-refractivity contribution in [2.24, 2.45) is 0 Å². The van der Waals surface area contributed by atoms with E-state index >= 15 is 0 Å².